The van der Waals surface area contributed by atoms with Crippen molar-refractivity contribution in [3.8, 4) is 11.3 Å². The summed E-state index contributed by atoms with van der Waals surface area (Å²) < 4.78 is 25.6. The number of rotatable bonds is 3. The van der Waals surface area contributed by atoms with E-state index in [0.717, 1.165) is 42.8 Å². The molecule has 2 saturated heterocycles. The van der Waals surface area contributed by atoms with Crippen LogP contribution in [0.2, 0.25) is 0 Å². The molecule has 26 heavy (non-hydrogen) atoms. The van der Waals surface area contributed by atoms with Crippen LogP contribution in [0.4, 0.5) is 0 Å². The first-order valence-electron chi connectivity index (χ1n) is 9.09. The topological polar surface area (TPSA) is 72.3 Å². The van der Waals surface area contributed by atoms with Gasteiger partial charge < -0.3 is 4.90 Å². The zero-order valence-electron chi connectivity index (χ0n) is 14.9. The third-order valence-corrected chi connectivity index (χ3v) is 7.00. The van der Waals surface area contributed by atoms with Crippen LogP contribution in [0.5, 0.6) is 0 Å². The highest BCUT2D eigenvalue weighted by Crippen LogP contribution is 2.30. The monoisotopic (exact) mass is 373 g/mol. The van der Waals surface area contributed by atoms with Gasteiger partial charge in [-0.3, -0.25) is 9.48 Å². The van der Waals surface area contributed by atoms with Crippen molar-refractivity contribution in [3.05, 3.63) is 41.6 Å². The van der Waals surface area contributed by atoms with E-state index in [1.807, 2.05) is 42.2 Å². The van der Waals surface area contributed by atoms with Gasteiger partial charge in [-0.2, -0.15) is 5.10 Å². The maximum absolute atomic E-state index is 12.8. The molecule has 0 saturated carbocycles. The van der Waals surface area contributed by atoms with Crippen LogP contribution in [0.1, 0.15) is 41.4 Å². The van der Waals surface area contributed by atoms with Crippen LogP contribution < -0.4 is 0 Å². The molecule has 2 fully saturated rings. The van der Waals surface area contributed by atoms with Crippen molar-refractivity contribution in [3.63, 3.8) is 0 Å². The molecule has 1 atom stereocenters. The number of sulfone groups is 1. The number of aryl methyl sites for hydroxylation is 1. The average Bonchev–Trinajstić information content (AvgIpc) is 3.33. The smallest absolute Gasteiger partial charge is 0.274 e. The molecule has 0 aliphatic carbocycles. The molecule has 2 aromatic rings. The molecule has 138 valence electrons. The molecule has 7 heteroatoms. The molecule has 1 aromatic heterocycles. The van der Waals surface area contributed by atoms with Crippen LogP contribution >= 0.6 is 0 Å². The van der Waals surface area contributed by atoms with Crippen LogP contribution in [0.15, 0.2) is 30.3 Å². The molecule has 0 N–H and O–H groups in total. The molecule has 0 spiro atoms. The zero-order chi connectivity index (χ0) is 18.3. The van der Waals surface area contributed by atoms with Gasteiger partial charge in [0.2, 0.25) is 0 Å². The van der Waals surface area contributed by atoms with E-state index in [1.54, 1.807) is 4.68 Å². The molecule has 0 unspecified atom stereocenters. The van der Waals surface area contributed by atoms with Gasteiger partial charge in [-0.05, 0) is 37.8 Å². The highest BCUT2D eigenvalue weighted by atomic mass is 32.2. The summed E-state index contributed by atoms with van der Waals surface area (Å²) in [7, 11) is -3.03. The summed E-state index contributed by atoms with van der Waals surface area (Å²) >= 11 is 0. The van der Waals surface area contributed by atoms with E-state index < -0.39 is 9.84 Å². The maximum Gasteiger partial charge on any atom is 0.274 e. The van der Waals surface area contributed by atoms with Crippen LogP contribution in [0.25, 0.3) is 11.3 Å². The van der Waals surface area contributed by atoms with E-state index in [1.165, 1.54) is 0 Å². The van der Waals surface area contributed by atoms with Crippen molar-refractivity contribution in [2.24, 2.45) is 0 Å². The van der Waals surface area contributed by atoms with Gasteiger partial charge in [0.1, 0.15) is 0 Å². The summed E-state index contributed by atoms with van der Waals surface area (Å²) in [5, 5.41) is 4.56. The van der Waals surface area contributed by atoms with E-state index in [9.17, 15) is 13.2 Å². The molecule has 1 amide bonds. The number of benzene rings is 1. The second-order valence-electron chi connectivity index (χ2n) is 7.28. The second kappa shape index (κ2) is 6.54. The number of nitrogens with zero attached hydrogens (tertiary/aromatic N) is 3. The molecule has 0 radical (unpaired) electrons. The zero-order valence-corrected chi connectivity index (χ0v) is 15.7. The normalized spacial score (nSPS) is 22.0. The predicted octanol–water partition coefficient (Wildman–Crippen LogP) is 2.45. The van der Waals surface area contributed by atoms with Crippen molar-refractivity contribution in [2.75, 3.05) is 24.6 Å². The lowest BCUT2D eigenvalue weighted by molar-refractivity contribution is 0.0786. The van der Waals surface area contributed by atoms with E-state index in [2.05, 4.69) is 5.10 Å². The number of aromatic nitrogens is 2. The summed E-state index contributed by atoms with van der Waals surface area (Å²) in [5.41, 5.74) is 3.32. The molecule has 0 bridgehead atoms. The molecule has 2 aliphatic rings. The van der Waals surface area contributed by atoms with Gasteiger partial charge in [0, 0.05) is 13.1 Å². The van der Waals surface area contributed by atoms with Gasteiger partial charge in [-0.1, -0.05) is 29.8 Å². The summed E-state index contributed by atoms with van der Waals surface area (Å²) in [6, 6.07) is 9.62. The standard InChI is InChI=1S/C19H23N3O3S/c1-14-4-6-15(7-5-14)18-12-17(19(23)21-9-2-3-10-21)20-22(18)16-8-11-26(24,25)13-16/h4-7,12,16H,2-3,8-11,13H2,1H3/t16-/m0/s1. The summed E-state index contributed by atoms with van der Waals surface area (Å²) in [6.45, 7) is 3.56. The molecule has 2 aliphatic heterocycles. The number of hydrogen-bond acceptors (Lipinski definition) is 4. The first kappa shape index (κ1) is 17.3. The van der Waals surface area contributed by atoms with Crippen molar-refractivity contribution >= 4 is 15.7 Å². The number of carbonyl (C=O) groups is 1. The summed E-state index contributed by atoms with van der Waals surface area (Å²) in [6.07, 6.45) is 2.59. The maximum atomic E-state index is 12.8. The SMILES string of the molecule is Cc1ccc(-c2cc(C(=O)N3CCCC3)nn2[C@H]2CCS(=O)(=O)C2)cc1. The minimum Gasteiger partial charge on any atom is -0.337 e. The molecular formula is C19H23N3O3S. The van der Waals surface area contributed by atoms with E-state index in [-0.39, 0.29) is 23.5 Å². The average molecular weight is 373 g/mol. The summed E-state index contributed by atoms with van der Waals surface area (Å²) in [5.74, 6) is 0.209. The lowest BCUT2D eigenvalue weighted by Crippen LogP contribution is -2.28. The van der Waals surface area contributed by atoms with Crippen LogP contribution in [-0.2, 0) is 9.84 Å². The fraction of sp³-hybridized carbons (Fsp3) is 0.474. The Kier molecular flexibility index (Phi) is 4.34. The van der Waals surface area contributed by atoms with Gasteiger partial charge in [0.15, 0.2) is 15.5 Å². The van der Waals surface area contributed by atoms with Gasteiger partial charge in [0.25, 0.3) is 5.91 Å². The Hall–Kier alpha value is -2.15. The first-order valence-corrected chi connectivity index (χ1v) is 10.9. The molecule has 4 rings (SSSR count). The quantitative estimate of drug-likeness (QED) is 0.828. The number of hydrogen-bond donors (Lipinski definition) is 0. The van der Waals surface area contributed by atoms with Crippen molar-refractivity contribution in [2.45, 2.75) is 32.2 Å². The van der Waals surface area contributed by atoms with Gasteiger partial charge >= 0.3 is 0 Å². The Labute approximate surface area is 153 Å². The van der Waals surface area contributed by atoms with E-state index >= 15 is 0 Å². The highest BCUT2D eigenvalue weighted by Gasteiger charge is 2.33. The molecular weight excluding hydrogens is 350 g/mol. The largest absolute Gasteiger partial charge is 0.337 e. The third kappa shape index (κ3) is 3.28. The fourth-order valence-corrected chi connectivity index (χ4v) is 5.46. The van der Waals surface area contributed by atoms with Gasteiger partial charge in [-0.15, -0.1) is 0 Å². The first-order chi connectivity index (χ1) is 12.4. The van der Waals surface area contributed by atoms with Crippen LogP contribution in [0.3, 0.4) is 0 Å². The van der Waals surface area contributed by atoms with Crippen LogP contribution in [-0.4, -0.2) is 53.6 Å². The lowest BCUT2D eigenvalue weighted by Gasteiger charge is -2.14. The Morgan fingerprint density at radius 1 is 1.15 bits per heavy atom. The summed E-state index contributed by atoms with van der Waals surface area (Å²) in [4.78, 5) is 14.6. The Morgan fingerprint density at radius 2 is 1.85 bits per heavy atom. The Bertz CT molecular complexity index is 925. The molecule has 3 heterocycles. The van der Waals surface area contributed by atoms with E-state index in [0.29, 0.717) is 12.1 Å². The number of carbonyl (C=O) groups excluding carboxylic acids is 1. The Balaban J connectivity index is 1.75. The molecule has 6 nitrogen and oxygen atoms in total. The van der Waals surface area contributed by atoms with Crippen LogP contribution in [0, 0.1) is 6.92 Å². The number of amides is 1. The molecule has 1 aromatic carbocycles. The predicted molar refractivity (Wildman–Crippen MR) is 99.8 cm³/mol. The highest BCUT2D eigenvalue weighted by molar-refractivity contribution is 7.91. The second-order valence-corrected chi connectivity index (χ2v) is 9.51. The van der Waals surface area contributed by atoms with E-state index in [4.69, 9.17) is 0 Å². The minimum absolute atomic E-state index is 0.0598. The van der Waals surface area contributed by atoms with Gasteiger partial charge in [0.05, 0.1) is 23.2 Å². The minimum atomic E-state index is -3.03. The number of likely N-dealkylation sites (tertiary alicyclic amines) is 1. The lowest BCUT2D eigenvalue weighted by atomic mass is 10.1. The van der Waals surface area contributed by atoms with Crippen molar-refractivity contribution in [1.29, 1.82) is 0 Å². The fourth-order valence-electron chi connectivity index (χ4n) is 3.77. The van der Waals surface area contributed by atoms with Crippen molar-refractivity contribution in [1.82, 2.24) is 14.7 Å². The Morgan fingerprint density at radius 3 is 2.46 bits per heavy atom. The van der Waals surface area contributed by atoms with Crippen molar-refractivity contribution < 1.29 is 13.2 Å². The third-order valence-electron chi connectivity index (χ3n) is 5.25. The van der Waals surface area contributed by atoms with Gasteiger partial charge in [-0.25, -0.2) is 8.42 Å².